The maximum Gasteiger partial charge on any atom is 0.251 e. The first-order valence-electron chi connectivity index (χ1n) is 13.0. The van der Waals surface area contributed by atoms with Crippen LogP contribution in [0.3, 0.4) is 0 Å². The Bertz CT molecular complexity index is 1500. The monoisotopic (exact) mass is 492 g/mol. The van der Waals surface area contributed by atoms with Crippen molar-refractivity contribution in [3.05, 3.63) is 95.1 Å². The van der Waals surface area contributed by atoms with Gasteiger partial charge in [0.1, 0.15) is 11.5 Å². The Labute approximate surface area is 217 Å². The van der Waals surface area contributed by atoms with Crippen LogP contribution in [0.1, 0.15) is 55.8 Å². The summed E-state index contributed by atoms with van der Waals surface area (Å²) in [5, 5.41) is 1.13. The average molecular weight is 493 g/mol. The van der Waals surface area contributed by atoms with Crippen LogP contribution in [0, 0.1) is 0 Å². The highest BCUT2D eigenvalue weighted by atomic mass is 16.5. The second-order valence-electron chi connectivity index (χ2n) is 9.94. The quantitative estimate of drug-likeness (QED) is 0.306. The van der Waals surface area contributed by atoms with E-state index in [4.69, 9.17) is 9.47 Å². The van der Waals surface area contributed by atoms with Gasteiger partial charge in [0, 0.05) is 27.6 Å². The van der Waals surface area contributed by atoms with Crippen LogP contribution < -0.4 is 9.47 Å². The maximum absolute atomic E-state index is 14.1. The number of rotatable bonds is 6. The number of aromatic nitrogens is 1. The number of nitrogens with one attached hydrogen (secondary N) is 1. The maximum atomic E-state index is 14.1. The molecule has 1 aliphatic heterocycles. The summed E-state index contributed by atoms with van der Waals surface area (Å²) in [6.45, 7) is 2.15. The molecule has 6 rings (SSSR count). The van der Waals surface area contributed by atoms with E-state index in [9.17, 15) is 4.79 Å². The molecule has 0 fully saturated rings. The third-order valence-corrected chi connectivity index (χ3v) is 8.01. The summed E-state index contributed by atoms with van der Waals surface area (Å²) in [6, 6.07) is 24.4. The van der Waals surface area contributed by atoms with Gasteiger partial charge in [0.25, 0.3) is 5.91 Å². The fourth-order valence-electron chi connectivity index (χ4n) is 6.19. The molecule has 1 N–H and O–H groups in total. The summed E-state index contributed by atoms with van der Waals surface area (Å²) in [5.74, 6) is 1.69. The number of amides is 1. The van der Waals surface area contributed by atoms with E-state index in [2.05, 4.69) is 47.1 Å². The number of benzene rings is 3. The third-order valence-electron chi connectivity index (χ3n) is 8.01. The number of nitrogens with zero attached hydrogens (tertiary/aromatic N) is 1. The Morgan fingerprint density at radius 1 is 0.919 bits per heavy atom. The third kappa shape index (κ3) is 3.81. The SMILES string of the molecule is COc1ccc(OC)c(-c2[nH]c3ccccc3c2[C@H]2C3=C(CCCC3)C(=O)N2[C@H](C)c2ccccc2)c1. The van der Waals surface area contributed by atoms with Gasteiger partial charge in [-0.3, -0.25) is 4.79 Å². The average Bonchev–Trinajstić information content (AvgIpc) is 3.47. The molecule has 188 valence electrons. The summed E-state index contributed by atoms with van der Waals surface area (Å²) in [7, 11) is 3.37. The molecule has 0 saturated carbocycles. The number of fused-ring (bicyclic) bond motifs is 1. The van der Waals surface area contributed by atoms with Gasteiger partial charge in [-0.2, -0.15) is 0 Å². The van der Waals surface area contributed by atoms with Crippen molar-refractivity contribution in [1.29, 1.82) is 0 Å². The van der Waals surface area contributed by atoms with Crippen LogP contribution in [0.5, 0.6) is 11.5 Å². The Balaban J connectivity index is 1.62. The van der Waals surface area contributed by atoms with Crippen molar-refractivity contribution in [1.82, 2.24) is 9.88 Å². The van der Waals surface area contributed by atoms with Gasteiger partial charge in [-0.05, 0) is 68.0 Å². The molecule has 3 aromatic carbocycles. The molecule has 5 heteroatoms. The molecule has 0 unspecified atom stereocenters. The van der Waals surface area contributed by atoms with E-state index in [1.165, 1.54) is 5.57 Å². The highest BCUT2D eigenvalue weighted by molar-refractivity contribution is 6.01. The lowest BCUT2D eigenvalue weighted by atomic mass is 9.85. The molecule has 0 spiro atoms. The van der Waals surface area contributed by atoms with E-state index in [0.29, 0.717) is 0 Å². The van der Waals surface area contributed by atoms with Gasteiger partial charge in [0.2, 0.25) is 0 Å². The van der Waals surface area contributed by atoms with Gasteiger partial charge in [-0.15, -0.1) is 0 Å². The Morgan fingerprint density at radius 2 is 1.68 bits per heavy atom. The molecule has 1 aliphatic carbocycles. The molecular weight excluding hydrogens is 460 g/mol. The minimum atomic E-state index is -0.153. The van der Waals surface area contributed by atoms with Crippen molar-refractivity contribution < 1.29 is 14.3 Å². The van der Waals surface area contributed by atoms with Gasteiger partial charge < -0.3 is 19.4 Å². The van der Waals surface area contributed by atoms with Crippen molar-refractivity contribution in [2.45, 2.75) is 44.7 Å². The zero-order chi connectivity index (χ0) is 25.5. The van der Waals surface area contributed by atoms with Crippen molar-refractivity contribution in [3.8, 4) is 22.8 Å². The van der Waals surface area contributed by atoms with Crippen molar-refractivity contribution in [3.63, 3.8) is 0 Å². The second kappa shape index (κ2) is 9.47. The van der Waals surface area contributed by atoms with Gasteiger partial charge >= 0.3 is 0 Å². The van der Waals surface area contributed by atoms with Gasteiger partial charge in [-0.25, -0.2) is 0 Å². The number of ether oxygens (including phenoxy) is 2. The lowest BCUT2D eigenvalue weighted by Gasteiger charge is -2.34. The molecule has 2 heterocycles. The van der Waals surface area contributed by atoms with E-state index >= 15 is 0 Å². The van der Waals surface area contributed by atoms with Crippen LogP contribution >= 0.6 is 0 Å². The normalized spacial score (nSPS) is 18.3. The minimum absolute atomic E-state index is 0.0713. The highest BCUT2D eigenvalue weighted by Gasteiger charge is 2.45. The lowest BCUT2D eigenvalue weighted by Crippen LogP contribution is -2.33. The molecule has 0 saturated heterocycles. The van der Waals surface area contributed by atoms with E-state index in [0.717, 1.165) is 76.0 Å². The standard InChI is InChI=1S/C32H32N2O3/c1-20(21-11-5-4-6-12-21)34-31(23-13-7-8-14-24(23)32(34)35)29-25-15-9-10-16-27(25)33-30(29)26-19-22(36-2)17-18-28(26)37-3/h4-6,9-12,15-20,31,33H,7-8,13-14H2,1-3H3/t20-,31-/m1/s1. The predicted octanol–water partition coefficient (Wildman–Crippen LogP) is 7.37. The van der Waals surface area contributed by atoms with E-state index < -0.39 is 0 Å². The lowest BCUT2D eigenvalue weighted by molar-refractivity contribution is -0.129. The van der Waals surface area contributed by atoms with E-state index in [-0.39, 0.29) is 18.0 Å². The largest absolute Gasteiger partial charge is 0.497 e. The molecule has 2 atom stereocenters. The number of hydrogen-bond acceptors (Lipinski definition) is 3. The van der Waals surface area contributed by atoms with Crippen LogP contribution in [0.4, 0.5) is 0 Å². The zero-order valence-corrected chi connectivity index (χ0v) is 21.6. The first kappa shape index (κ1) is 23.4. The summed E-state index contributed by atoms with van der Waals surface area (Å²) in [6.07, 6.45) is 3.96. The molecule has 37 heavy (non-hydrogen) atoms. The van der Waals surface area contributed by atoms with Crippen LogP contribution in [0.2, 0.25) is 0 Å². The zero-order valence-electron chi connectivity index (χ0n) is 21.6. The first-order chi connectivity index (χ1) is 18.1. The smallest absolute Gasteiger partial charge is 0.251 e. The molecule has 2 aliphatic rings. The molecular formula is C32H32N2O3. The number of methoxy groups -OCH3 is 2. The van der Waals surface area contributed by atoms with Gasteiger partial charge in [-0.1, -0.05) is 48.5 Å². The fraction of sp³-hybridized carbons (Fsp3) is 0.281. The van der Waals surface area contributed by atoms with Crippen LogP contribution in [0.25, 0.3) is 22.2 Å². The van der Waals surface area contributed by atoms with Crippen LogP contribution in [0.15, 0.2) is 83.9 Å². The molecule has 4 aromatic rings. The van der Waals surface area contributed by atoms with Crippen molar-refractivity contribution in [2.75, 3.05) is 14.2 Å². The number of para-hydroxylation sites is 1. The van der Waals surface area contributed by atoms with Gasteiger partial charge in [0.05, 0.1) is 32.0 Å². The Morgan fingerprint density at radius 3 is 2.46 bits per heavy atom. The van der Waals surface area contributed by atoms with E-state index in [1.54, 1.807) is 14.2 Å². The van der Waals surface area contributed by atoms with Crippen LogP contribution in [-0.4, -0.2) is 30.0 Å². The highest BCUT2D eigenvalue weighted by Crippen LogP contribution is 2.52. The van der Waals surface area contributed by atoms with Crippen molar-refractivity contribution >= 4 is 16.8 Å². The summed E-state index contributed by atoms with van der Waals surface area (Å²) < 4.78 is 11.4. The molecule has 5 nitrogen and oxygen atoms in total. The summed E-state index contributed by atoms with van der Waals surface area (Å²) in [5.41, 5.74) is 7.49. The fourth-order valence-corrected chi connectivity index (χ4v) is 6.19. The number of carbonyl (C=O) groups is 1. The van der Waals surface area contributed by atoms with Gasteiger partial charge in [0.15, 0.2) is 0 Å². The molecule has 0 bridgehead atoms. The summed E-state index contributed by atoms with van der Waals surface area (Å²) >= 11 is 0. The topological polar surface area (TPSA) is 54.6 Å². The number of H-pyrrole nitrogens is 1. The minimum Gasteiger partial charge on any atom is -0.497 e. The predicted molar refractivity (Wildman–Crippen MR) is 147 cm³/mol. The molecule has 1 amide bonds. The van der Waals surface area contributed by atoms with Crippen LogP contribution in [-0.2, 0) is 4.79 Å². The Hall–Kier alpha value is -3.99. The molecule has 0 radical (unpaired) electrons. The number of carbonyl (C=O) groups excluding carboxylic acids is 1. The summed E-state index contributed by atoms with van der Waals surface area (Å²) in [4.78, 5) is 19.9. The first-order valence-corrected chi connectivity index (χ1v) is 13.0. The number of aromatic amines is 1. The van der Waals surface area contributed by atoms with Crippen molar-refractivity contribution in [2.24, 2.45) is 0 Å². The second-order valence-corrected chi connectivity index (χ2v) is 9.94. The van der Waals surface area contributed by atoms with E-state index in [1.807, 2.05) is 42.5 Å². The molecule has 1 aromatic heterocycles. The Kier molecular flexibility index (Phi) is 5.99. The number of hydrogen-bond donors (Lipinski definition) is 1.